The van der Waals surface area contributed by atoms with E-state index in [4.69, 9.17) is 14.5 Å². The van der Waals surface area contributed by atoms with Crippen molar-refractivity contribution >= 4 is 11.3 Å². The molecule has 6 nitrogen and oxygen atoms in total. The van der Waals surface area contributed by atoms with Gasteiger partial charge in [0.05, 0.1) is 19.9 Å². The van der Waals surface area contributed by atoms with E-state index in [0.717, 1.165) is 48.3 Å². The lowest BCUT2D eigenvalue weighted by Crippen LogP contribution is -2.30. The molecule has 1 aromatic carbocycles. The molecule has 26 heavy (non-hydrogen) atoms. The number of nitrogens with zero attached hydrogens (tertiary/aromatic N) is 4. The molecule has 0 bridgehead atoms. The van der Waals surface area contributed by atoms with Gasteiger partial charge in [-0.25, -0.2) is 15.0 Å². The summed E-state index contributed by atoms with van der Waals surface area (Å²) in [6.07, 6.45) is 4.48. The van der Waals surface area contributed by atoms with E-state index in [0.29, 0.717) is 5.82 Å². The van der Waals surface area contributed by atoms with E-state index in [9.17, 15) is 0 Å². The van der Waals surface area contributed by atoms with Crippen LogP contribution >= 0.6 is 11.3 Å². The summed E-state index contributed by atoms with van der Waals surface area (Å²) >= 11 is 1.59. The highest BCUT2D eigenvalue weighted by Gasteiger charge is 2.20. The van der Waals surface area contributed by atoms with Gasteiger partial charge in [-0.15, -0.1) is 11.3 Å². The van der Waals surface area contributed by atoms with Gasteiger partial charge in [0.25, 0.3) is 0 Å². The Labute approximate surface area is 156 Å². The second kappa shape index (κ2) is 7.39. The second-order valence-electron chi connectivity index (χ2n) is 6.15. The maximum absolute atomic E-state index is 5.44. The molecule has 0 unspecified atom stereocenters. The molecule has 0 radical (unpaired) electrons. The van der Waals surface area contributed by atoms with Crippen molar-refractivity contribution in [3.05, 3.63) is 52.8 Å². The predicted octanol–water partition coefficient (Wildman–Crippen LogP) is 3.18. The Kier molecular flexibility index (Phi) is 4.81. The van der Waals surface area contributed by atoms with Crippen molar-refractivity contribution in [3.8, 4) is 22.3 Å². The van der Waals surface area contributed by atoms with Crippen molar-refractivity contribution in [1.29, 1.82) is 0 Å². The number of thiazole rings is 1. The van der Waals surface area contributed by atoms with E-state index < -0.39 is 0 Å². The van der Waals surface area contributed by atoms with E-state index in [1.165, 1.54) is 11.1 Å². The van der Waals surface area contributed by atoms with Gasteiger partial charge in [-0.3, -0.25) is 4.90 Å². The summed E-state index contributed by atoms with van der Waals surface area (Å²) in [4.78, 5) is 15.6. The zero-order valence-corrected chi connectivity index (χ0v) is 15.6. The van der Waals surface area contributed by atoms with Crippen LogP contribution in [0.25, 0.3) is 10.8 Å². The van der Waals surface area contributed by atoms with Crippen LogP contribution in [0.3, 0.4) is 0 Å². The van der Waals surface area contributed by atoms with Crippen LogP contribution in [0.15, 0.2) is 36.0 Å². The number of ether oxygens (including phenoxy) is 2. The van der Waals surface area contributed by atoms with Crippen LogP contribution in [0.1, 0.15) is 16.8 Å². The molecular weight excluding hydrogens is 348 g/mol. The molecule has 0 atom stereocenters. The Morgan fingerprint density at radius 1 is 1.08 bits per heavy atom. The quantitative estimate of drug-likeness (QED) is 0.689. The Morgan fingerprint density at radius 3 is 2.54 bits per heavy atom. The van der Waals surface area contributed by atoms with Gasteiger partial charge in [-0.05, 0) is 35.7 Å². The third kappa shape index (κ3) is 3.40. The van der Waals surface area contributed by atoms with Crippen LogP contribution in [-0.4, -0.2) is 40.6 Å². The molecule has 0 fully saturated rings. The SMILES string of the molecule is COc1cc2c(cc1OC)CN(Cc1csc(-c3ncccn3)n1)CC2. The monoisotopic (exact) mass is 368 g/mol. The van der Waals surface area contributed by atoms with Crippen LogP contribution < -0.4 is 9.47 Å². The minimum absolute atomic E-state index is 0.685. The molecule has 0 N–H and O–H groups in total. The lowest BCUT2D eigenvalue weighted by molar-refractivity contribution is 0.242. The van der Waals surface area contributed by atoms with Crippen molar-refractivity contribution < 1.29 is 9.47 Å². The van der Waals surface area contributed by atoms with Gasteiger partial charge in [-0.1, -0.05) is 0 Å². The normalized spacial score (nSPS) is 14.1. The summed E-state index contributed by atoms with van der Waals surface area (Å²) in [5.74, 6) is 2.27. The average Bonchev–Trinajstić information content (AvgIpc) is 3.16. The highest BCUT2D eigenvalue weighted by Crippen LogP contribution is 2.33. The third-order valence-corrected chi connectivity index (χ3v) is 5.38. The highest BCUT2D eigenvalue weighted by atomic mass is 32.1. The first kappa shape index (κ1) is 16.9. The summed E-state index contributed by atoms with van der Waals surface area (Å²) in [7, 11) is 3.35. The van der Waals surface area contributed by atoms with Crippen molar-refractivity contribution in [2.45, 2.75) is 19.5 Å². The molecule has 0 saturated carbocycles. The van der Waals surface area contributed by atoms with E-state index in [2.05, 4.69) is 32.4 Å². The highest BCUT2D eigenvalue weighted by molar-refractivity contribution is 7.13. The van der Waals surface area contributed by atoms with Gasteiger partial charge in [0.15, 0.2) is 22.3 Å². The molecule has 7 heteroatoms. The Morgan fingerprint density at radius 2 is 1.81 bits per heavy atom. The predicted molar refractivity (Wildman–Crippen MR) is 101 cm³/mol. The molecule has 0 saturated heterocycles. The standard InChI is InChI=1S/C19H20N4O2S/c1-24-16-8-13-4-7-23(10-14(13)9-17(16)25-2)11-15-12-26-19(22-15)18-20-5-3-6-21-18/h3,5-6,8-9,12H,4,7,10-11H2,1-2H3. The maximum atomic E-state index is 5.44. The lowest BCUT2D eigenvalue weighted by Gasteiger charge is -2.29. The number of hydrogen-bond donors (Lipinski definition) is 0. The van der Waals surface area contributed by atoms with Crippen molar-refractivity contribution in [2.75, 3.05) is 20.8 Å². The number of aromatic nitrogens is 3. The van der Waals surface area contributed by atoms with Crippen molar-refractivity contribution in [1.82, 2.24) is 19.9 Å². The fourth-order valence-electron chi connectivity index (χ4n) is 3.20. The van der Waals surface area contributed by atoms with Gasteiger partial charge in [0.1, 0.15) is 0 Å². The zero-order valence-electron chi connectivity index (χ0n) is 14.8. The molecule has 134 valence electrons. The maximum Gasteiger partial charge on any atom is 0.188 e. The molecular formula is C19H20N4O2S. The summed E-state index contributed by atoms with van der Waals surface area (Å²) in [6.45, 7) is 2.69. The summed E-state index contributed by atoms with van der Waals surface area (Å²) in [6, 6.07) is 6.00. The van der Waals surface area contributed by atoms with E-state index >= 15 is 0 Å². The average molecular weight is 368 g/mol. The topological polar surface area (TPSA) is 60.4 Å². The minimum atomic E-state index is 0.685. The molecule has 3 heterocycles. The minimum Gasteiger partial charge on any atom is -0.493 e. The van der Waals surface area contributed by atoms with Gasteiger partial charge in [0.2, 0.25) is 0 Å². The van der Waals surface area contributed by atoms with Gasteiger partial charge < -0.3 is 9.47 Å². The molecule has 1 aliphatic rings. The molecule has 4 rings (SSSR count). The second-order valence-corrected chi connectivity index (χ2v) is 7.01. The van der Waals surface area contributed by atoms with E-state index in [-0.39, 0.29) is 0 Å². The number of methoxy groups -OCH3 is 2. The Hall–Kier alpha value is -2.51. The number of benzene rings is 1. The third-order valence-electron chi connectivity index (χ3n) is 4.49. The fourth-order valence-corrected chi connectivity index (χ4v) is 3.95. The lowest BCUT2D eigenvalue weighted by atomic mass is 9.98. The largest absolute Gasteiger partial charge is 0.493 e. The van der Waals surface area contributed by atoms with Gasteiger partial charge in [0, 0.05) is 37.4 Å². The van der Waals surface area contributed by atoms with Gasteiger partial charge in [-0.2, -0.15) is 0 Å². The number of fused-ring (bicyclic) bond motifs is 1. The molecule has 0 spiro atoms. The zero-order chi connectivity index (χ0) is 17.9. The molecule has 3 aromatic rings. The van der Waals surface area contributed by atoms with Crippen LogP contribution in [0.2, 0.25) is 0 Å². The summed E-state index contributed by atoms with van der Waals surface area (Å²) < 4.78 is 10.9. The van der Waals surface area contributed by atoms with Crippen LogP contribution in [0, 0.1) is 0 Å². The van der Waals surface area contributed by atoms with E-state index in [1.807, 2.05) is 6.07 Å². The first-order valence-corrected chi connectivity index (χ1v) is 9.32. The molecule has 0 aliphatic carbocycles. The number of rotatable bonds is 5. The first-order valence-electron chi connectivity index (χ1n) is 8.44. The summed E-state index contributed by atoms with van der Waals surface area (Å²) in [5, 5.41) is 2.96. The molecule has 2 aromatic heterocycles. The van der Waals surface area contributed by atoms with Crippen molar-refractivity contribution in [3.63, 3.8) is 0 Å². The molecule has 0 amide bonds. The van der Waals surface area contributed by atoms with Crippen LogP contribution in [0.4, 0.5) is 0 Å². The van der Waals surface area contributed by atoms with Crippen LogP contribution in [-0.2, 0) is 19.5 Å². The van der Waals surface area contributed by atoms with Crippen LogP contribution in [0.5, 0.6) is 11.5 Å². The Bertz CT molecular complexity index is 898. The smallest absolute Gasteiger partial charge is 0.188 e. The Balaban J connectivity index is 1.49. The van der Waals surface area contributed by atoms with Crippen molar-refractivity contribution in [2.24, 2.45) is 0 Å². The number of hydrogen-bond acceptors (Lipinski definition) is 7. The first-order chi connectivity index (χ1) is 12.8. The fraction of sp³-hybridized carbons (Fsp3) is 0.316. The summed E-state index contributed by atoms with van der Waals surface area (Å²) in [5.41, 5.74) is 3.67. The van der Waals surface area contributed by atoms with E-state index in [1.54, 1.807) is 38.0 Å². The molecule has 1 aliphatic heterocycles. The van der Waals surface area contributed by atoms with Gasteiger partial charge >= 0.3 is 0 Å².